The molecule has 1 saturated heterocycles. The Morgan fingerprint density at radius 3 is 2.41 bits per heavy atom. The highest BCUT2D eigenvalue weighted by atomic mass is 32.2. The van der Waals surface area contributed by atoms with Gasteiger partial charge in [-0.15, -0.1) is 0 Å². The van der Waals surface area contributed by atoms with Gasteiger partial charge >= 0.3 is 0 Å². The third kappa shape index (κ3) is 4.06. The average molecular weight is 391 g/mol. The first-order valence-electron chi connectivity index (χ1n) is 9.09. The molecule has 0 bridgehead atoms. The molecule has 1 amide bonds. The highest BCUT2D eigenvalue weighted by Gasteiger charge is 2.35. The van der Waals surface area contributed by atoms with E-state index in [1.54, 1.807) is 13.8 Å². The second kappa shape index (κ2) is 7.82. The molecule has 1 atom stereocenters. The van der Waals surface area contributed by atoms with Crippen LogP contribution in [0.25, 0.3) is 0 Å². The quantitative estimate of drug-likeness (QED) is 0.846. The van der Waals surface area contributed by atoms with Gasteiger partial charge in [-0.25, -0.2) is 8.42 Å². The lowest BCUT2D eigenvalue weighted by atomic mass is 9.96. The van der Waals surface area contributed by atoms with Crippen molar-refractivity contribution < 1.29 is 17.7 Å². The van der Waals surface area contributed by atoms with Crippen LogP contribution in [-0.2, 0) is 14.8 Å². The Bertz CT molecular complexity index is 881. The molecule has 1 aromatic heterocycles. The summed E-state index contributed by atoms with van der Waals surface area (Å²) in [5.74, 6) is 0.0806. The maximum absolute atomic E-state index is 12.9. The predicted molar refractivity (Wildman–Crippen MR) is 100 cm³/mol. The maximum Gasteiger partial charge on any atom is 0.248 e. The Hall–Kier alpha value is -2.19. The number of nitrogens with zero attached hydrogens (tertiary/aromatic N) is 2. The number of aryl methyl sites for hydroxylation is 2. The maximum atomic E-state index is 12.9. The SMILES string of the molecule is Cc1noc(C)c1S(=O)(=O)N1CCC(C(=O)NC(C)c2ccccc2)CC1. The lowest BCUT2D eigenvalue weighted by molar-refractivity contribution is -0.126. The second-order valence-electron chi connectivity index (χ2n) is 6.97. The summed E-state index contributed by atoms with van der Waals surface area (Å²) in [6.45, 7) is 5.78. The molecule has 0 saturated carbocycles. The van der Waals surface area contributed by atoms with Crippen molar-refractivity contribution in [2.75, 3.05) is 13.1 Å². The van der Waals surface area contributed by atoms with Crippen LogP contribution < -0.4 is 5.32 Å². The third-order valence-electron chi connectivity index (χ3n) is 5.05. The number of carbonyl (C=O) groups is 1. The monoisotopic (exact) mass is 391 g/mol. The minimum atomic E-state index is -3.65. The molecule has 3 rings (SSSR count). The molecule has 1 aliphatic rings. The largest absolute Gasteiger partial charge is 0.360 e. The van der Waals surface area contributed by atoms with Gasteiger partial charge in [0, 0.05) is 19.0 Å². The van der Waals surface area contributed by atoms with Crippen molar-refractivity contribution in [2.24, 2.45) is 5.92 Å². The number of benzene rings is 1. The topological polar surface area (TPSA) is 92.5 Å². The van der Waals surface area contributed by atoms with Crippen LogP contribution in [0.3, 0.4) is 0 Å². The molecule has 7 nitrogen and oxygen atoms in total. The fraction of sp³-hybridized carbons (Fsp3) is 0.474. The first kappa shape index (κ1) is 19.6. The molecular formula is C19H25N3O4S. The van der Waals surface area contributed by atoms with E-state index in [1.807, 2.05) is 37.3 Å². The Morgan fingerprint density at radius 2 is 1.85 bits per heavy atom. The van der Waals surface area contributed by atoms with Crippen molar-refractivity contribution in [3.63, 3.8) is 0 Å². The molecule has 8 heteroatoms. The molecule has 0 spiro atoms. The van der Waals surface area contributed by atoms with Crippen LogP contribution in [0.15, 0.2) is 39.8 Å². The molecule has 1 N–H and O–H groups in total. The van der Waals surface area contributed by atoms with Crippen molar-refractivity contribution >= 4 is 15.9 Å². The van der Waals surface area contributed by atoms with Gasteiger partial charge in [-0.1, -0.05) is 35.5 Å². The molecule has 2 heterocycles. The minimum absolute atomic E-state index is 0.0271. The number of sulfonamides is 1. The van der Waals surface area contributed by atoms with E-state index in [0.717, 1.165) is 5.56 Å². The molecule has 27 heavy (non-hydrogen) atoms. The molecule has 0 aliphatic carbocycles. The van der Waals surface area contributed by atoms with Crippen LogP contribution in [0.2, 0.25) is 0 Å². The number of hydrogen-bond donors (Lipinski definition) is 1. The zero-order valence-corrected chi connectivity index (χ0v) is 16.6. The zero-order valence-electron chi connectivity index (χ0n) is 15.8. The van der Waals surface area contributed by atoms with Gasteiger partial charge in [0.15, 0.2) is 5.76 Å². The van der Waals surface area contributed by atoms with Crippen LogP contribution in [0.5, 0.6) is 0 Å². The van der Waals surface area contributed by atoms with Crippen LogP contribution in [0, 0.1) is 19.8 Å². The van der Waals surface area contributed by atoms with E-state index in [-0.39, 0.29) is 22.8 Å². The van der Waals surface area contributed by atoms with Crippen molar-refractivity contribution in [3.8, 4) is 0 Å². The number of rotatable bonds is 5. The molecule has 2 aromatic rings. The number of carbonyl (C=O) groups excluding carboxylic acids is 1. The molecule has 1 unspecified atom stereocenters. The summed E-state index contributed by atoms with van der Waals surface area (Å²) in [6, 6.07) is 9.69. The molecule has 1 aromatic carbocycles. The lowest BCUT2D eigenvalue weighted by Crippen LogP contribution is -2.43. The van der Waals surface area contributed by atoms with E-state index < -0.39 is 10.0 Å². The van der Waals surface area contributed by atoms with Crippen LogP contribution in [0.4, 0.5) is 0 Å². The highest BCUT2D eigenvalue weighted by molar-refractivity contribution is 7.89. The first-order valence-corrected chi connectivity index (χ1v) is 10.5. The molecule has 146 valence electrons. The summed E-state index contributed by atoms with van der Waals surface area (Å²) < 4.78 is 32.1. The summed E-state index contributed by atoms with van der Waals surface area (Å²) in [6.07, 6.45) is 0.992. The minimum Gasteiger partial charge on any atom is -0.360 e. The van der Waals surface area contributed by atoms with E-state index in [9.17, 15) is 13.2 Å². The van der Waals surface area contributed by atoms with Crippen molar-refractivity contribution in [2.45, 2.75) is 44.6 Å². The van der Waals surface area contributed by atoms with Gasteiger partial charge in [-0.2, -0.15) is 4.31 Å². The molecule has 1 aliphatic heterocycles. The Morgan fingerprint density at radius 1 is 1.22 bits per heavy atom. The third-order valence-corrected chi connectivity index (χ3v) is 7.19. The van der Waals surface area contributed by atoms with Gasteiger partial charge < -0.3 is 9.84 Å². The van der Waals surface area contributed by atoms with Crippen LogP contribution in [-0.4, -0.2) is 36.9 Å². The summed E-state index contributed by atoms with van der Waals surface area (Å²) in [4.78, 5) is 12.7. The zero-order chi connectivity index (χ0) is 19.6. The summed E-state index contributed by atoms with van der Waals surface area (Å²) in [7, 11) is -3.65. The van der Waals surface area contributed by atoms with Gasteiger partial charge in [0.1, 0.15) is 10.6 Å². The predicted octanol–water partition coefficient (Wildman–Crippen LogP) is 2.57. The number of hydrogen-bond acceptors (Lipinski definition) is 5. The molecule has 0 radical (unpaired) electrons. The van der Waals surface area contributed by atoms with Crippen molar-refractivity contribution in [1.29, 1.82) is 0 Å². The molecule has 1 fully saturated rings. The van der Waals surface area contributed by atoms with E-state index in [4.69, 9.17) is 4.52 Å². The smallest absolute Gasteiger partial charge is 0.248 e. The van der Waals surface area contributed by atoms with Gasteiger partial charge in [0.25, 0.3) is 0 Å². The van der Waals surface area contributed by atoms with E-state index in [1.165, 1.54) is 4.31 Å². The normalized spacial score (nSPS) is 17.6. The van der Waals surface area contributed by atoms with E-state index in [0.29, 0.717) is 37.4 Å². The number of amides is 1. The standard InChI is InChI=1S/C19H25N3O4S/c1-13(16-7-5-4-6-8-16)20-19(23)17-9-11-22(12-10-17)27(24,25)18-14(2)21-26-15(18)3/h4-8,13,17H,9-12H2,1-3H3,(H,20,23). The lowest BCUT2D eigenvalue weighted by Gasteiger charge is -2.31. The fourth-order valence-electron chi connectivity index (χ4n) is 3.49. The van der Waals surface area contributed by atoms with Crippen LogP contribution >= 0.6 is 0 Å². The Balaban J connectivity index is 1.61. The number of nitrogens with one attached hydrogen (secondary N) is 1. The van der Waals surface area contributed by atoms with Gasteiger partial charge in [0.2, 0.25) is 15.9 Å². The van der Waals surface area contributed by atoms with Crippen LogP contribution in [0.1, 0.15) is 42.8 Å². The number of piperidine rings is 1. The summed E-state index contributed by atoms with van der Waals surface area (Å²) in [5, 5.41) is 6.77. The van der Waals surface area contributed by atoms with Gasteiger partial charge in [-0.05, 0) is 39.2 Å². The second-order valence-corrected chi connectivity index (χ2v) is 8.85. The van der Waals surface area contributed by atoms with E-state index >= 15 is 0 Å². The molecular weight excluding hydrogens is 366 g/mol. The summed E-state index contributed by atoms with van der Waals surface area (Å²) in [5.41, 5.74) is 1.41. The average Bonchev–Trinajstić information content (AvgIpc) is 3.01. The van der Waals surface area contributed by atoms with Crippen molar-refractivity contribution in [3.05, 3.63) is 47.3 Å². The van der Waals surface area contributed by atoms with Crippen molar-refractivity contribution in [1.82, 2.24) is 14.8 Å². The fourth-order valence-corrected chi connectivity index (χ4v) is 5.25. The highest BCUT2D eigenvalue weighted by Crippen LogP contribution is 2.28. The van der Waals surface area contributed by atoms with E-state index in [2.05, 4.69) is 10.5 Å². The summed E-state index contributed by atoms with van der Waals surface area (Å²) >= 11 is 0. The van der Waals surface area contributed by atoms with Gasteiger partial charge in [-0.3, -0.25) is 4.79 Å². The Labute approximate surface area is 159 Å². The van der Waals surface area contributed by atoms with Gasteiger partial charge in [0.05, 0.1) is 6.04 Å². The Kier molecular flexibility index (Phi) is 5.67. The number of aromatic nitrogens is 1. The first-order chi connectivity index (χ1) is 12.8.